The molecule has 4 heterocycles. The van der Waals surface area contributed by atoms with Gasteiger partial charge in [0.15, 0.2) is 0 Å². The molecule has 6 rings (SSSR count). The van der Waals surface area contributed by atoms with Crippen molar-refractivity contribution in [2.75, 3.05) is 23.3 Å². The van der Waals surface area contributed by atoms with Crippen LogP contribution in [0.3, 0.4) is 0 Å². The van der Waals surface area contributed by atoms with Gasteiger partial charge in [-0.3, -0.25) is 38.9 Å². The lowest BCUT2D eigenvalue weighted by Gasteiger charge is -2.38. The number of piperidine rings is 1. The van der Waals surface area contributed by atoms with Gasteiger partial charge in [0.05, 0.1) is 34.4 Å². The first-order valence-corrected chi connectivity index (χ1v) is 14.8. The van der Waals surface area contributed by atoms with Gasteiger partial charge in [0.2, 0.25) is 11.8 Å². The predicted molar refractivity (Wildman–Crippen MR) is 162 cm³/mol. The number of alkyl halides is 3. The Morgan fingerprint density at radius 3 is 2.43 bits per heavy atom. The fourth-order valence-corrected chi connectivity index (χ4v) is 5.67. The van der Waals surface area contributed by atoms with Crippen molar-refractivity contribution in [3.05, 3.63) is 76.6 Å². The number of benzene rings is 2. The predicted octanol–water partition coefficient (Wildman–Crippen LogP) is 3.47. The number of aromatic nitrogens is 2. The molecule has 0 saturated carbocycles. The number of hydrogen-bond acceptors (Lipinski definition) is 7. The molecule has 3 aliphatic rings. The second kappa shape index (κ2) is 11.4. The number of nitrogens with zero attached hydrogens (tertiary/aromatic N) is 4. The van der Waals surface area contributed by atoms with E-state index >= 15 is 0 Å². The van der Waals surface area contributed by atoms with Gasteiger partial charge in [-0.15, -0.1) is 0 Å². The molecule has 0 radical (unpaired) electrons. The van der Waals surface area contributed by atoms with Crippen LogP contribution in [0.4, 0.5) is 24.5 Å². The van der Waals surface area contributed by atoms with Crippen LogP contribution in [0.5, 0.6) is 0 Å². The molecule has 1 unspecified atom stereocenters. The van der Waals surface area contributed by atoms with Crippen molar-refractivity contribution < 1.29 is 37.1 Å². The molecule has 3 aliphatic heterocycles. The van der Waals surface area contributed by atoms with Gasteiger partial charge in [0.1, 0.15) is 11.6 Å². The number of carbonyl (C=O) groups excluding carboxylic acids is 5. The minimum atomic E-state index is -4.48. The molecule has 3 aromatic rings. The average molecular weight is 647 g/mol. The number of fused-ring (bicyclic) bond motifs is 1. The second-order valence-electron chi connectivity index (χ2n) is 12.3. The van der Waals surface area contributed by atoms with Crippen molar-refractivity contribution in [3.8, 4) is 11.8 Å². The van der Waals surface area contributed by atoms with Crippen LogP contribution in [0.15, 0.2) is 48.8 Å². The topological polar surface area (TPSA) is 134 Å². The number of anilines is 2. The third kappa shape index (κ3) is 5.84. The minimum Gasteiger partial charge on any atom is -0.369 e. The van der Waals surface area contributed by atoms with Crippen LogP contribution in [0.25, 0.3) is 0 Å². The Balaban J connectivity index is 1.07. The van der Waals surface area contributed by atoms with E-state index in [2.05, 4.69) is 27.6 Å². The maximum atomic E-state index is 13.1. The number of amides is 5. The molecule has 2 N–H and O–H groups in total. The van der Waals surface area contributed by atoms with E-state index in [9.17, 15) is 37.1 Å². The van der Waals surface area contributed by atoms with Crippen LogP contribution >= 0.6 is 0 Å². The molecule has 5 amide bonds. The van der Waals surface area contributed by atoms with Crippen molar-refractivity contribution in [1.29, 1.82) is 0 Å². The molecule has 14 heteroatoms. The third-order valence-corrected chi connectivity index (χ3v) is 8.60. The number of imide groups is 2. The summed E-state index contributed by atoms with van der Waals surface area (Å²) in [7, 11) is 0. The minimum absolute atomic E-state index is 0.00265. The Labute approximate surface area is 267 Å². The molecule has 11 nitrogen and oxygen atoms in total. The molecule has 2 fully saturated rings. The summed E-state index contributed by atoms with van der Waals surface area (Å²) in [6, 6.07) is 7.04. The summed E-state index contributed by atoms with van der Waals surface area (Å²) in [6.45, 7) is 5.89. The first-order valence-electron chi connectivity index (χ1n) is 14.8. The number of nitrogens with one attached hydrogen (secondary N) is 2. The number of carbonyl (C=O) groups is 5. The van der Waals surface area contributed by atoms with Crippen LogP contribution in [0.2, 0.25) is 0 Å². The van der Waals surface area contributed by atoms with Crippen molar-refractivity contribution in [1.82, 2.24) is 20.0 Å². The summed E-state index contributed by atoms with van der Waals surface area (Å²) in [5, 5.41) is 9.16. The summed E-state index contributed by atoms with van der Waals surface area (Å²) in [5.41, 5.74) is 0.297. The van der Waals surface area contributed by atoms with Gasteiger partial charge in [-0.1, -0.05) is 11.8 Å². The van der Waals surface area contributed by atoms with E-state index in [4.69, 9.17) is 0 Å². The van der Waals surface area contributed by atoms with Gasteiger partial charge in [-0.05, 0) is 69.2 Å². The standard InChI is InChI=1S/C33H29F3N6O5/c1-18-12-21(33(34,35)36)6-9-25(18)38-31(47)32(2,3)41-17-19(14-37-41)4-5-20-15-40(16-20)22-7-8-23-24(13-22)30(46)42(29(23)45)26-10-11-27(43)39-28(26)44/h6-9,12-14,17,20,26H,10-11,15-16H2,1-3H3,(H,38,47)(H,39,43,44). The van der Waals surface area contributed by atoms with Crippen LogP contribution in [-0.4, -0.2) is 63.3 Å². The van der Waals surface area contributed by atoms with Gasteiger partial charge in [-0.25, -0.2) is 0 Å². The SMILES string of the molecule is Cc1cc(C(F)(F)F)ccc1NC(=O)C(C)(C)n1cc(C#CC2CN(c3ccc4c(c3)C(=O)N(C3CCC(=O)NC3=O)C4=O)C2)cn1. The molecular weight excluding hydrogens is 617 g/mol. The maximum Gasteiger partial charge on any atom is 0.416 e. The number of halogens is 3. The van der Waals surface area contributed by atoms with E-state index in [-0.39, 0.29) is 41.1 Å². The zero-order chi connectivity index (χ0) is 33.8. The van der Waals surface area contributed by atoms with Gasteiger partial charge in [-0.2, -0.15) is 18.3 Å². The van der Waals surface area contributed by atoms with Crippen molar-refractivity contribution in [3.63, 3.8) is 0 Å². The fourth-order valence-electron chi connectivity index (χ4n) is 5.67. The highest BCUT2D eigenvalue weighted by atomic mass is 19.4. The molecule has 1 atom stereocenters. The van der Waals surface area contributed by atoms with Crippen LogP contribution in [0, 0.1) is 24.7 Å². The molecule has 0 spiro atoms. The third-order valence-electron chi connectivity index (χ3n) is 8.60. The van der Waals surface area contributed by atoms with E-state index < -0.39 is 52.9 Å². The molecule has 2 aromatic carbocycles. The molecule has 1 aromatic heterocycles. The maximum absolute atomic E-state index is 13.1. The monoisotopic (exact) mass is 646 g/mol. The quantitative estimate of drug-likeness (QED) is 0.321. The van der Waals surface area contributed by atoms with E-state index in [0.29, 0.717) is 18.7 Å². The van der Waals surface area contributed by atoms with Crippen molar-refractivity contribution >= 4 is 40.9 Å². The molecule has 242 valence electrons. The Hall–Kier alpha value is -5.45. The van der Waals surface area contributed by atoms with Gasteiger partial charge < -0.3 is 10.2 Å². The van der Waals surface area contributed by atoms with E-state index in [0.717, 1.165) is 22.7 Å². The lowest BCUT2D eigenvalue weighted by Crippen LogP contribution is -2.54. The smallest absolute Gasteiger partial charge is 0.369 e. The van der Waals surface area contributed by atoms with Gasteiger partial charge in [0.25, 0.3) is 17.7 Å². The molecule has 47 heavy (non-hydrogen) atoms. The van der Waals surface area contributed by atoms with Gasteiger partial charge >= 0.3 is 6.18 Å². The Kier molecular flexibility index (Phi) is 7.66. The largest absolute Gasteiger partial charge is 0.416 e. The van der Waals surface area contributed by atoms with Crippen LogP contribution in [-0.2, 0) is 26.1 Å². The number of hydrogen-bond donors (Lipinski definition) is 2. The van der Waals surface area contributed by atoms with Gasteiger partial charge in [0, 0.05) is 37.1 Å². The van der Waals surface area contributed by atoms with Crippen LogP contribution in [0.1, 0.15) is 64.1 Å². The summed E-state index contributed by atoms with van der Waals surface area (Å²) >= 11 is 0. The lowest BCUT2D eigenvalue weighted by molar-refractivity contribution is -0.138. The Morgan fingerprint density at radius 1 is 1.02 bits per heavy atom. The van der Waals surface area contributed by atoms with E-state index in [1.807, 2.05) is 4.90 Å². The summed E-state index contributed by atoms with van der Waals surface area (Å²) in [4.78, 5) is 65.9. The van der Waals surface area contributed by atoms with Crippen LogP contribution < -0.4 is 15.5 Å². The highest BCUT2D eigenvalue weighted by molar-refractivity contribution is 6.23. The molecule has 2 saturated heterocycles. The van der Waals surface area contributed by atoms with Crippen molar-refractivity contribution in [2.45, 2.75) is 51.4 Å². The molecule has 0 aliphatic carbocycles. The number of aryl methyl sites for hydroxylation is 1. The first-order chi connectivity index (χ1) is 22.1. The second-order valence-corrected chi connectivity index (χ2v) is 12.3. The van der Waals surface area contributed by atoms with E-state index in [1.165, 1.54) is 23.9 Å². The lowest BCUT2D eigenvalue weighted by atomic mass is 9.98. The molecular formula is C33H29F3N6O5. The van der Waals surface area contributed by atoms with E-state index in [1.54, 1.807) is 38.2 Å². The highest BCUT2D eigenvalue weighted by Gasteiger charge is 2.45. The summed E-state index contributed by atoms with van der Waals surface area (Å²) in [5.74, 6) is 3.56. The Bertz CT molecular complexity index is 1910. The first kappa shape index (κ1) is 31.5. The Morgan fingerprint density at radius 2 is 1.74 bits per heavy atom. The number of rotatable bonds is 5. The summed E-state index contributed by atoms with van der Waals surface area (Å²) in [6.07, 6.45) is -1.20. The average Bonchev–Trinajstić information content (AvgIpc) is 3.56. The fraction of sp³-hybridized carbons (Fsp3) is 0.333. The zero-order valence-corrected chi connectivity index (χ0v) is 25.6. The van der Waals surface area contributed by atoms with Crippen molar-refractivity contribution in [2.24, 2.45) is 5.92 Å². The summed E-state index contributed by atoms with van der Waals surface area (Å²) < 4.78 is 40.5. The highest BCUT2D eigenvalue weighted by Crippen LogP contribution is 2.34. The zero-order valence-electron chi connectivity index (χ0n) is 25.6. The molecule has 0 bridgehead atoms. The normalized spacial score (nSPS) is 18.4.